The fraction of sp³-hybridized carbons (Fsp3) is 0.538. The second kappa shape index (κ2) is 7.46. The normalized spacial score (nSPS) is 20.5. The Bertz CT molecular complexity index is 389. The fourth-order valence-corrected chi connectivity index (χ4v) is 2.71. The number of ether oxygens (including phenoxy) is 1. The van der Waals surface area contributed by atoms with Gasteiger partial charge in [-0.05, 0) is 24.1 Å². The van der Waals surface area contributed by atoms with Gasteiger partial charge in [-0.1, -0.05) is 28.1 Å². The molecule has 102 valence electrons. The van der Waals surface area contributed by atoms with Gasteiger partial charge in [-0.25, -0.2) is 0 Å². The lowest BCUT2D eigenvalue weighted by Crippen LogP contribution is -2.45. The van der Waals surface area contributed by atoms with Crippen molar-refractivity contribution in [1.82, 2.24) is 4.90 Å². The Hall–Kier alpha value is -0.130. The van der Waals surface area contributed by atoms with Gasteiger partial charge < -0.3 is 10.5 Å². The molecule has 0 spiro atoms. The molecule has 2 rings (SSSR count). The largest absolute Gasteiger partial charge is 0.374 e. The number of nitrogens with two attached hydrogens (primary N) is 1. The molecule has 2 N–H and O–H groups in total. The number of aryl methyl sites for hydroxylation is 1. The molecule has 1 fully saturated rings. The van der Waals surface area contributed by atoms with Crippen LogP contribution in [0.3, 0.4) is 0 Å². The van der Waals surface area contributed by atoms with E-state index in [1.54, 1.807) is 0 Å². The second-order valence-electron chi connectivity index (χ2n) is 4.56. The predicted molar refractivity (Wildman–Crippen MR) is 80.2 cm³/mol. The lowest BCUT2D eigenvalue weighted by atomic mass is 10.1. The molecule has 0 aromatic heterocycles. The number of benzene rings is 1. The number of rotatable bonds is 3. The number of nitrogens with zero attached hydrogens (tertiary/aromatic N) is 1. The monoisotopic (exact) mass is 334 g/mol. The third kappa shape index (κ3) is 4.21. The summed E-state index contributed by atoms with van der Waals surface area (Å²) in [7, 11) is 0. The molecule has 1 unspecified atom stereocenters. The van der Waals surface area contributed by atoms with Crippen LogP contribution in [0, 0.1) is 6.92 Å². The van der Waals surface area contributed by atoms with Gasteiger partial charge in [-0.2, -0.15) is 0 Å². The van der Waals surface area contributed by atoms with Crippen LogP contribution in [-0.4, -0.2) is 37.2 Å². The Labute approximate surface area is 123 Å². The molecule has 18 heavy (non-hydrogen) atoms. The van der Waals surface area contributed by atoms with Gasteiger partial charge in [0.25, 0.3) is 0 Å². The van der Waals surface area contributed by atoms with Crippen molar-refractivity contribution in [3.63, 3.8) is 0 Å². The molecular weight excluding hydrogens is 316 g/mol. The van der Waals surface area contributed by atoms with E-state index in [0.29, 0.717) is 6.54 Å². The maximum Gasteiger partial charge on any atom is 0.0824 e. The van der Waals surface area contributed by atoms with Crippen molar-refractivity contribution < 1.29 is 4.74 Å². The summed E-state index contributed by atoms with van der Waals surface area (Å²) in [4.78, 5) is 2.40. The zero-order chi connectivity index (χ0) is 12.3. The van der Waals surface area contributed by atoms with Crippen molar-refractivity contribution in [3.05, 3.63) is 33.8 Å². The highest BCUT2D eigenvalue weighted by molar-refractivity contribution is 9.10. The summed E-state index contributed by atoms with van der Waals surface area (Å²) < 4.78 is 6.75. The molecule has 1 saturated heterocycles. The molecule has 0 bridgehead atoms. The topological polar surface area (TPSA) is 38.5 Å². The van der Waals surface area contributed by atoms with Crippen LogP contribution in [0.2, 0.25) is 0 Å². The van der Waals surface area contributed by atoms with Crippen molar-refractivity contribution in [2.45, 2.75) is 19.6 Å². The van der Waals surface area contributed by atoms with E-state index >= 15 is 0 Å². The molecule has 3 nitrogen and oxygen atoms in total. The van der Waals surface area contributed by atoms with Gasteiger partial charge in [0.05, 0.1) is 12.7 Å². The minimum atomic E-state index is 0. The molecule has 0 radical (unpaired) electrons. The quantitative estimate of drug-likeness (QED) is 0.921. The van der Waals surface area contributed by atoms with Crippen LogP contribution in [0.4, 0.5) is 0 Å². The minimum absolute atomic E-state index is 0. The maximum absolute atomic E-state index is 5.65. The first kappa shape index (κ1) is 15.9. The van der Waals surface area contributed by atoms with Crippen LogP contribution in [0.25, 0.3) is 0 Å². The van der Waals surface area contributed by atoms with E-state index < -0.39 is 0 Å². The van der Waals surface area contributed by atoms with Gasteiger partial charge in [0.15, 0.2) is 0 Å². The minimum Gasteiger partial charge on any atom is -0.374 e. The number of halogens is 2. The summed E-state index contributed by atoms with van der Waals surface area (Å²) in [5.74, 6) is 0. The zero-order valence-electron chi connectivity index (χ0n) is 10.6. The highest BCUT2D eigenvalue weighted by Gasteiger charge is 2.19. The molecular formula is C13H20BrClN2O. The molecule has 1 atom stereocenters. The lowest BCUT2D eigenvalue weighted by Gasteiger charge is -2.32. The molecule has 0 aliphatic carbocycles. The molecule has 1 aromatic rings. The lowest BCUT2D eigenvalue weighted by molar-refractivity contribution is -0.0261. The van der Waals surface area contributed by atoms with Crippen LogP contribution >= 0.6 is 28.3 Å². The fourth-order valence-electron chi connectivity index (χ4n) is 2.09. The maximum atomic E-state index is 5.65. The highest BCUT2D eigenvalue weighted by atomic mass is 79.9. The Balaban J connectivity index is 0.00000162. The van der Waals surface area contributed by atoms with E-state index in [9.17, 15) is 0 Å². The Kier molecular flexibility index (Phi) is 6.60. The Morgan fingerprint density at radius 3 is 2.94 bits per heavy atom. The van der Waals surface area contributed by atoms with Gasteiger partial charge >= 0.3 is 0 Å². The number of morpholine rings is 1. The summed E-state index contributed by atoms with van der Waals surface area (Å²) in [6.07, 6.45) is 0.188. The summed E-state index contributed by atoms with van der Waals surface area (Å²) in [5.41, 5.74) is 8.25. The van der Waals surface area contributed by atoms with E-state index in [1.165, 1.54) is 15.6 Å². The number of hydrogen-bond donors (Lipinski definition) is 1. The standard InChI is InChI=1S/C13H19BrN2O.ClH/c1-10-2-3-11(13(14)6-10)8-16-4-5-17-12(7-15)9-16;/h2-3,6,12H,4-5,7-9,15H2,1H3;1H. The van der Waals surface area contributed by atoms with E-state index in [-0.39, 0.29) is 18.5 Å². The first-order valence-electron chi connectivity index (χ1n) is 5.98. The van der Waals surface area contributed by atoms with Crippen molar-refractivity contribution in [3.8, 4) is 0 Å². The molecule has 5 heteroatoms. The molecule has 1 aliphatic heterocycles. The van der Waals surface area contributed by atoms with Gasteiger partial charge in [0, 0.05) is 30.7 Å². The van der Waals surface area contributed by atoms with E-state index in [2.05, 4.69) is 46.0 Å². The second-order valence-corrected chi connectivity index (χ2v) is 5.41. The first-order chi connectivity index (χ1) is 8.19. The summed E-state index contributed by atoms with van der Waals surface area (Å²) >= 11 is 3.62. The van der Waals surface area contributed by atoms with E-state index in [4.69, 9.17) is 10.5 Å². The van der Waals surface area contributed by atoms with Crippen molar-refractivity contribution in [2.75, 3.05) is 26.2 Å². The molecule has 1 aliphatic rings. The predicted octanol–water partition coefficient (Wildman–Crippen LogP) is 2.34. The summed E-state index contributed by atoms with van der Waals surface area (Å²) in [6, 6.07) is 6.50. The molecule has 0 amide bonds. The molecule has 0 saturated carbocycles. The van der Waals surface area contributed by atoms with E-state index in [0.717, 1.165) is 26.2 Å². The van der Waals surface area contributed by atoms with Gasteiger partial charge in [0.1, 0.15) is 0 Å². The van der Waals surface area contributed by atoms with Crippen LogP contribution < -0.4 is 5.73 Å². The average Bonchev–Trinajstić information content (AvgIpc) is 2.33. The summed E-state index contributed by atoms with van der Waals surface area (Å²) in [5, 5.41) is 0. The molecule has 1 heterocycles. The van der Waals surface area contributed by atoms with E-state index in [1.807, 2.05) is 0 Å². The van der Waals surface area contributed by atoms with Crippen molar-refractivity contribution in [1.29, 1.82) is 0 Å². The van der Waals surface area contributed by atoms with Gasteiger partial charge in [0.2, 0.25) is 0 Å². The van der Waals surface area contributed by atoms with Crippen molar-refractivity contribution >= 4 is 28.3 Å². The SMILES string of the molecule is Cc1ccc(CN2CCOC(CN)C2)c(Br)c1.Cl. The van der Waals surface area contributed by atoms with Crippen LogP contribution in [-0.2, 0) is 11.3 Å². The Morgan fingerprint density at radius 1 is 1.50 bits per heavy atom. The van der Waals surface area contributed by atoms with Gasteiger partial charge in [-0.15, -0.1) is 12.4 Å². The molecule has 1 aromatic carbocycles. The zero-order valence-corrected chi connectivity index (χ0v) is 13.0. The number of hydrogen-bond acceptors (Lipinski definition) is 3. The first-order valence-corrected chi connectivity index (χ1v) is 6.77. The third-order valence-electron chi connectivity index (χ3n) is 3.09. The van der Waals surface area contributed by atoms with Crippen LogP contribution in [0.1, 0.15) is 11.1 Å². The average molecular weight is 336 g/mol. The van der Waals surface area contributed by atoms with Crippen LogP contribution in [0.5, 0.6) is 0 Å². The Morgan fingerprint density at radius 2 is 2.28 bits per heavy atom. The van der Waals surface area contributed by atoms with Crippen LogP contribution in [0.15, 0.2) is 22.7 Å². The van der Waals surface area contributed by atoms with Crippen molar-refractivity contribution in [2.24, 2.45) is 5.73 Å². The summed E-state index contributed by atoms with van der Waals surface area (Å²) in [6.45, 7) is 6.36. The van der Waals surface area contributed by atoms with Gasteiger partial charge in [-0.3, -0.25) is 4.90 Å². The highest BCUT2D eigenvalue weighted by Crippen LogP contribution is 2.20. The smallest absolute Gasteiger partial charge is 0.0824 e. The third-order valence-corrected chi connectivity index (χ3v) is 3.83.